The van der Waals surface area contributed by atoms with Gasteiger partial charge in [0, 0.05) is 13.0 Å². The van der Waals surface area contributed by atoms with Gasteiger partial charge in [0.15, 0.2) is 0 Å². The zero-order valence-electron chi connectivity index (χ0n) is 9.07. The third kappa shape index (κ3) is 2.98. The van der Waals surface area contributed by atoms with Gasteiger partial charge in [0.1, 0.15) is 0 Å². The van der Waals surface area contributed by atoms with Gasteiger partial charge in [-0.15, -0.1) is 0 Å². The molecular weight excluding hydrogens is 233 g/mol. The standard InChI is InChI=1S/C12H13F3O2/c13-12(14,15)9-3-1-8(2-4-9)11-7-10(16)5-6-17-11/h1-4,10-11,16H,5-7H2. The lowest BCUT2D eigenvalue weighted by Gasteiger charge is -2.26. The predicted molar refractivity (Wildman–Crippen MR) is 55.4 cm³/mol. The second-order valence-corrected chi connectivity index (χ2v) is 4.16. The fourth-order valence-electron chi connectivity index (χ4n) is 1.90. The van der Waals surface area contributed by atoms with Crippen LogP contribution in [-0.4, -0.2) is 17.8 Å². The molecule has 0 radical (unpaired) electrons. The molecule has 2 unspecified atom stereocenters. The highest BCUT2D eigenvalue weighted by Crippen LogP contribution is 2.32. The maximum Gasteiger partial charge on any atom is 0.416 e. The Morgan fingerprint density at radius 3 is 2.35 bits per heavy atom. The Bertz CT molecular complexity index is 372. The molecule has 0 aromatic heterocycles. The molecule has 1 aromatic carbocycles. The van der Waals surface area contributed by atoms with E-state index >= 15 is 0 Å². The van der Waals surface area contributed by atoms with Crippen molar-refractivity contribution < 1.29 is 23.0 Å². The van der Waals surface area contributed by atoms with Crippen molar-refractivity contribution >= 4 is 0 Å². The van der Waals surface area contributed by atoms with Crippen LogP contribution < -0.4 is 0 Å². The Morgan fingerprint density at radius 1 is 1.18 bits per heavy atom. The largest absolute Gasteiger partial charge is 0.416 e. The van der Waals surface area contributed by atoms with Crippen LogP contribution in [0.4, 0.5) is 13.2 Å². The van der Waals surface area contributed by atoms with E-state index < -0.39 is 17.8 Å². The van der Waals surface area contributed by atoms with Crippen LogP contribution in [-0.2, 0) is 10.9 Å². The molecule has 94 valence electrons. The lowest BCUT2D eigenvalue weighted by molar-refractivity contribution is -0.137. The van der Waals surface area contributed by atoms with E-state index in [0.29, 0.717) is 25.0 Å². The number of hydrogen-bond donors (Lipinski definition) is 1. The molecule has 0 spiro atoms. The first-order valence-electron chi connectivity index (χ1n) is 5.43. The van der Waals surface area contributed by atoms with E-state index in [-0.39, 0.29) is 6.10 Å². The molecule has 17 heavy (non-hydrogen) atoms. The van der Waals surface area contributed by atoms with Gasteiger partial charge < -0.3 is 9.84 Å². The van der Waals surface area contributed by atoms with Crippen molar-refractivity contribution in [3.05, 3.63) is 35.4 Å². The molecule has 2 atom stereocenters. The number of aliphatic hydroxyl groups excluding tert-OH is 1. The van der Waals surface area contributed by atoms with Gasteiger partial charge in [0.05, 0.1) is 17.8 Å². The zero-order chi connectivity index (χ0) is 12.5. The van der Waals surface area contributed by atoms with Crippen LogP contribution in [0.5, 0.6) is 0 Å². The molecule has 0 saturated carbocycles. The summed E-state index contributed by atoms with van der Waals surface area (Å²) in [7, 11) is 0. The van der Waals surface area contributed by atoms with E-state index in [1.54, 1.807) is 0 Å². The summed E-state index contributed by atoms with van der Waals surface area (Å²) in [6.07, 6.45) is -4.04. The molecule has 2 rings (SSSR count). The van der Waals surface area contributed by atoms with Crippen molar-refractivity contribution in [2.24, 2.45) is 0 Å². The Kier molecular flexibility index (Phi) is 3.40. The first-order chi connectivity index (χ1) is 7.97. The number of ether oxygens (including phenoxy) is 1. The van der Waals surface area contributed by atoms with Crippen molar-refractivity contribution in [2.45, 2.75) is 31.2 Å². The quantitative estimate of drug-likeness (QED) is 0.825. The fraction of sp³-hybridized carbons (Fsp3) is 0.500. The summed E-state index contributed by atoms with van der Waals surface area (Å²) in [4.78, 5) is 0. The van der Waals surface area contributed by atoms with E-state index in [0.717, 1.165) is 12.1 Å². The molecule has 1 aromatic rings. The van der Waals surface area contributed by atoms with E-state index in [1.807, 2.05) is 0 Å². The number of hydrogen-bond acceptors (Lipinski definition) is 2. The van der Waals surface area contributed by atoms with Crippen LogP contribution in [0.1, 0.15) is 30.1 Å². The second-order valence-electron chi connectivity index (χ2n) is 4.16. The molecule has 1 saturated heterocycles. The highest BCUT2D eigenvalue weighted by Gasteiger charge is 2.30. The van der Waals surface area contributed by atoms with E-state index in [2.05, 4.69) is 0 Å². The maximum absolute atomic E-state index is 12.4. The fourth-order valence-corrected chi connectivity index (χ4v) is 1.90. The lowest BCUT2D eigenvalue weighted by Crippen LogP contribution is -2.23. The normalized spacial score (nSPS) is 25.9. The average molecular weight is 246 g/mol. The van der Waals surface area contributed by atoms with E-state index in [4.69, 9.17) is 4.74 Å². The molecule has 2 nitrogen and oxygen atoms in total. The average Bonchev–Trinajstić information content (AvgIpc) is 2.28. The summed E-state index contributed by atoms with van der Waals surface area (Å²) in [6, 6.07) is 4.90. The monoisotopic (exact) mass is 246 g/mol. The Morgan fingerprint density at radius 2 is 1.82 bits per heavy atom. The zero-order valence-corrected chi connectivity index (χ0v) is 9.07. The molecule has 0 bridgehead atoms. The molecule has 1 N–H and O–H groups in total. The summed E-state index contributed by atoms with van der Waals surface area (Å²) in [6.45, 7) is 0.437. The first kappa shape index (κ1) is 12.4. The molecule has 1 aliphatic heterocycles. The van der Waals surface area contributed by atoms with Crippen LogP contribution in [0.3, 0.4) is 0 Å². The molecule has 1 heterocycles. The predicted octanol–water partition coefficient (Wildman–Crippen LogP) is 2.92. The topological polar surface area (TPSA) is 29.5 Å². The molecule has 0 aliphatic carbocycles. The number of alkyl halides is 3. The SMILES string of the molecule is OC1CCOC(c2ccc(C(F)(F)F)cc2)C1. The van der Waals surface area contributed by atoms with Gasteiger partial charge in [-0.1, -0.05) is 12.1 Å². The maximum atomic E-state index is 12.4. The summed E-state index contributed by atoms with van der Waals surface area (Å²) >= 11 is 0. The molecule has 5 heteroatoms. The number of halogens is 3. The van der Waals surface area contributed by atoms with Crippen LogP contribution in [0.2, 0.25) is 0 Å². The summed E-state index contributed by atoms with van der Waals surface area (Å²) in [5.74, 6) is 0. The van der Waals surface area contributed by atoms with Gasteiger partial charge in [0.2, 0.25) is 0 Å². The van der Waals surface area contributed by atoms with Crippen molar-refractivity contribution in [1.82, 2.24) is 0 Å². The van der Waals surface area contributed by atoms with Gasteiger partial charge >= 0.3 is 6.18 Å². The summed E-state index contributed by atoms with van der Waals surface area (Å²) in [5, 5.41) is 9.46. The van der Waals surface area contributed by atoms with Gasteiger partial charge in [-0.2, -0.15) is 13.2 Å². The highest BCUT2D eigenvalue weighted by molar-refractivity contribution is 5.26. The minimum absolute atomic E-state index is 0.305. The van der Waals surface area contributed by atoms with Gasteiger partial charge in [-0.05, 0) is 24.1 Å². The van der Waals surface area contributed by atoms with Gasteiger partial charge in [-0.3, -0.25) is 0 Å². The van der Waals surface area contributed by atoms with Crippen LogP contribution in [0.25, 0.3) is 0 Å². The first-order valence-corrected chi connectivity index (χ1v) is 5.43. The van der Waals surface area contributed by atoms with Crippen LogP contribution in [0, 0.1) is 0 Å². The molecule has 1 fully saturated rings. The second kappa shape index (κ2) is 4.66. The van der Waals surface area contributed by atoms with Crippen molar-refractivity contribution in [2.75, 3.05) is 6.61 Å². The third-order valence-corrected chi connectivity index (χ3v) is 2.87. The minimum atomic E-state index is -4.31. The summed E-state index contributed by atoms with van der Waals surface area (Å²) in [5.41, 5.74) is 0.00866. The highest BCUT2D eigenvalue weighted by atomic mass is 19.4. The van der Waals surface area contributed by atoms with Gasteiger partial charge in [-0.25, -0.2) is 0 Å². The van der Waals surface area contributed by atoms with Crippen LogP contribution >= 0.6 is 0 Å². The van der Waals surface area contributed by atoms with Crippen molar-refractivity contribution in [3.8, 4) is 0 Å². The smallest absolute Gasteiger partial charge is 0.393 e. The molecular formula is C12H13F3O2. The molecule has 1 aliphatic rings. The molecule has 0 amide bonds. The van der Waals surface area contributed by atoms with Crippen molar-refractivity contribution in [3.63, 3.8) is 0 Å². The number of rotatable bonds is 1. The summed E-state index contributed by atoms with van der Waals surface area (Å²) < 4.78 is 42.5. The Labute approximate surface area is 97.0 Å². The Balaban J connectivity index is 2.12. The number of benzene rings is 1. The van der Waals surface area contributed by atoms with Crippen molar-refractivity contribution in [1.29, 1.82) is 0 Å². The Hall–Kier alpha value is -1.07. The van der Waals surface area contributed by atoms with E-state index in [9.17, 15) is 18.3 Å². The number of aliphatic hydroxyl groups is 1. The minimum Gasteiger partial charge on any atom is -0.393 e. The van der Waals surface area contributed by atoms with Gasteiger partial charge in [0.25, 0.3) is 0 Å². The third-order valence-electron chi connectivity index (χ3n) is 2.87. The van der Waals surface area contributed by atoms with E-state index in [1.165, 1.54) is 12.1 Å². The lowest BCUT2D eigenvalue weighted by atomic mass is 9.98. The van der Waals surface area contributed by atoms with Crippen LogP contribution in [0.15, 0.2) is 24.3 Å².